The lowest BCUT2D eigenvalue weighted by Crippen LogP contribution is -2.12. The van der Waals surface area contributed by atoms with Gasteiger partial charge in [-0.1, -0.05) is 46.7 Å². The highest BCUT2D eigenvalue weighted by atomic mass is 79.9. The molecule has 1 heterocycles. The fraction of sp³-hybridized carbons (Fsp3) is 0. The highest BCUT2D eigenvalue weighted by Crippen LogP contribution is 2.28. The first-order valence-electron chi connectivity index (χ1n) is 7.13. The van der Waals surface area contributed by atoms with Crippen LogP contribution in [0.3, 0.4) is 0 Å². The number of benzene rings is 2. The van der Waals surface area contributed by atoms with Crippen LogP contribution in [-0.2, 0) is 10.0 Å². The minimum absolute atomic E-state index is 0.0223. The lowest BCUT2D eigenvalue weighted by molar-refractivity contribution is 0.102. The molecule has 0 saturated carbocycles. The van der Waals surface area contributed by atoms with Gasteiger partial charge in [-0.15, -0.1) is 10.2 Å². The number of hydrogen-bond donors (Lipinski definition) is 2. The van der Waals surface area contributed by atoms with Gasteiger partial charge >= 0.3 is 0 Å². The highest BCUT2D eigenvalue weighted by Gasteiger charge is 2.22. The quantitative estimate of drug-likeness (QED) is 0.489. The molecule has 0 aliphatic rings. The van der Waals surface area contributed by atoms with Crippen molar-refractivity contribution < 1.29 is 13.2 Å². The number of anilines is 2. The monoisotopic (exact) mass is 506 g/mol. The molecule has 0 fully saturated rings. The van der Waals surface area contributed by atoms with Crippen molar-refractivity contribution in [3.8, 4) is 0 Å². The summed E-state index contributed by atoms with van der Waals surface area (Å²) in [4.78, 5) is 12.2. The lowest BCUT2D eigenvalue weighted by atomic mass is 10.2. The Balaban J connectivity index is 1.77. The van der Waals surface area contributed by atoms with Gasteiger partial charge in [0, 0.05) is 4.47 Å². The lowest BCUT2D eigenvalue weighted by Gasteiger charge is -2.06. The second-order valence-corrected chi connectivity index (χ2v) is 9.54. The minimum atomic E-state index is -3.99. The molecule has 7 nitrogen and oxygen atoms in total. The van der Waals surface area contributed by atoms with Crippen LogP contribution in [0.1, 0.15) is 10.4 Å². The molecule has 0 aliphatic carbocycles. The molecule has 0 atom stereocenters. The predicted octanol–water partition coefficient (Wildman–Crippen LogP) is 4.66. The van der Waals surface area contributed by atoms with E-state index in [1.807, 2.05) is 0 Å². The third-order valence-corrected chi connectivity index (χ3v) is 7.30. The molecule has 2 N–H and O–H groups in total. The molecule has 3 aromatic rings. The molecule has 0 spiro atoms. The zero-order valence-electron chi connectivity index (χ0n) is 13.1. The molecule has 140 valence electrons. The highest BCUT2D eigenvalue weighted by molar-refractivity contribution is 9.10. The zero-order valence-corrected chi connectivity index (χ0v) is 17.8. The number of amides is 1. The standard InChI is InChI=1S/C15H9BrCl2N4O3S2/c16-10-6-5-8(7-12(10)18)22-27(24,25)15-21-20-14(26-15)19-13(23)9-3-1-2-4-11(9)17/h1-7,22H,(H,19,20,23). The van der Waals surface area contributed by atoms with Crippen LogP contribution in [-0.4, -0.2) is 24.5 Å². The van der Waals surface area contributed by atoms with E-state index >= 15 is 0 Å². The van der Waals surface area contributed by atoms with Gasteiger partial charge in [-0.05, 0) is 46.3 Å². The first-order valence-corrected chi connectivity index (χ1v) is 11.0. The molecule has 3 rings (SSSR count). The van der Waals surface area contributed by atoms with Gasteiger partial charge in [0.15, 0.2) is 0 Å². The maximum absolute atomic E-state index is 12.4. The van der Waals surface area contributed by atoms with Crippen molar-refractivity contribution in [2.24, 2.45) is 0 Å². The van der Waals surface area contributed by atoms with Crippen LogP contribution >= 0.6 is 50.5 Å². The van der Waals surface area contributed by atoms with E-state index < -0.39 is 15.9 Å². The van der Waals surface area contributed by atoms with Gasteiger partial charge in [-0.2, -0.15) is 8.42 Å². The Hall–Kier alpha value is -1.72. The Morgan fingerprint density at radius 2 is 1.81 bits per heavy atom. The molecule has 0 aliphatic heterocycles. The number of aromatic nitrogens is 2. The van der Waals surface area contributed by atoms with Crippen molar-refractivity contribution in [1.82, 2.24) is 10.2 Å². The predicted molar refractivity (Wildman–Crippen MR) is 109 cm³/mol. The summed E-state index contributed by atoms with van der Waals surface area (Å²) in [5, 5.41) is 10.4. The minimum Gasteiger partial charge on any atom is -0.296 e. The van der Waals surface area contributed by atoms with E-state index in [2.05, 4.69) is 36.2 Å². The van der Waals surface area contributed by atoms with E-state index in [-0.39, 0.29) is 25.7 Å². The van der Waals surface area contributed by atoms with E-state index in [1.165, 1.54) is 18.2 Å². The molecule has 1 aromatic heterocycles. The zero-order chi connectivity index (χ0) is 19.6. The average Bonchev–Trinajstić information content (AvgIpc) is 3.08. The van der Waals surface area contributed by atoms with Crippen molar-refractivity contribution in [1.29, 1.82) is 0 Å². The second-order valence-electron chi connectivity index (χ2n) is 5.04. The number of nitrogens with zero attached hydrogens (tertiary/aromatic N) is 2. The molecule has 2 aromatic carbocycles. The Labute approximate surface area is 176 Å². The number of carbonyl (C=O) groups excluding carboxylic acids is 1. The van der Waals surface area contributed by atoms with Crippen LogP contribution in [0.25, 0.3) is 0 Å². The van der Waals surface area contributed by atoms with Gasteiger partial charge in [-0.3, -0.25) is 14.8 Å². The molecular weight excluding hydrogens is 499 g/mol. The summed E-state index contributed by atoms with van der Waals surface area (Å²) in [7, 11) is -3.99. The summed E-state index contributed by atoms with van der Waals surface area (Å²) in [6.45, 7) is 0. The van der Waals surface area contributed by atoms with Gasteiger partial charge in [0.05, 0.1) is 21.3 Å². The molecule has 0 radical (unpaired) electrons. The summed E-state index contributed by atoms with van der Waals surface area (Å²) in [5.74, 6) is -0.520. The average molecular weight is 508 g/mol. The second kappa shape index (κ2) is 8.11. The third kappa shape index (κ3) is 4.77. The van der Waals surface area contributed by atoms with Gasteiger partial charge < -0.3 is 0 Å². The molecule has 1 amide bonds. The molecule has 27 heavy (non-hydrogen) atoms. The van der Waals surface area contributed by atoms with Crippen LogP contribution in [0.15, 0.2) is 51.3 Å². The molecule has 0 unspecified atom stereocenters. The third-order valence-electron chi connectivity index (χ3n) is 3.15. The summed E-state index contributed by atoms with van der Waals surface area (Å²) >= 11 is 15.9. The fourth-order valence-corrected chi connectivity index (χ4v) is 4.53. The maximum Gasteiger partial charge on any atom is 0.291 e. The molecular formula is C15H9BrCl2N4O3S2. The number of rotatable bonds is 5. The summed E-state index contributed by atoms with van der Waals surface area (Å²) in [6, 6.07) is 11.0. The maximum atomic E-state index is 12.4. The van der Waals surface area contributed by atoms with Gasteiger partial charge in [0.25, 0.3) is 20.3 Å². The Bertz CT molecular complexity index is 1120. The van der Waals surface area contributed by atoms with E-state index in [0.29, 0.717) is 20.8 Å². The van der Waals surface area contributed by atoms with E-state index in [9.17, 15) is 13.2 Å². The first-order chi connectivity index (χ1) is 12.8. The summed E-state index contributed by atoms with van der Waals surface area (Å²) in [6.07, 6.45) is 0. The summed E-state index contributed by atoms with van der Waals surface area (Å²) < 4.78 is 27.5. The van der Waals surface area contributed by atoms with Crippen LogP contribution in [0.4, 0.5) is 10.8 Å². The van der Waals surface area contributed by atoms with Crippen LogP contribution < -0.4 is 10.0 Å². The summed E-state index contributed by atoms with van der Waals surface area (Å²) in [5.41, 5.74) is 0.501. The number of nitrogens with one attached hydrogen (secondary N) is 2. The van der Waals surface area contributed by atoms with Gasteiger partial charge in [0.2, 0.25) is 5.13 Å². The smallest absolute Gasteiger partial charge is 0.291 e. The van der Waals surface area contributed by atoms with Gasteiger partial charge in [-0.25, -0.2) is 0 Å². The molecule has 0 bridgehead atoms. The number of hydrogen-bond acceptors (Lipinski definition) is 6. The van der Waals surface area contributed by atoms with Crippen molar-refractivity contribution >= 4 is 77.2 Å². The van der Waals surface area contributed by atoms with Crippen LogP contribution in [0.2, 0.25) is 10.0 Å². The SMILES string of the molecule is O=C(Nc1nnc(S(=O)(=O)Nc2ccc(Br)c(Cl)c2)s1)c1ccccc1Cl. The molecule has 12 heteroatoms. The van der Waals surface area contributed by atoms with Crippen molar-refractivity contribution in [3.63, 3.8) is 0 Å². The fourth-order valence-electron chi connectivity index (χ4n) is 1.94. The van der Waals surface area contributed by atoms with Crippen molar-refractivity contribution in [2.45, 2.75) is 4.34 Å². The van der Waals surface area contributed by atoms with E-state index in [0.717, 1.165) is 0 Å². The number of sulfonamides is 1. The first kappa shape index (κ1) is 20.0. The largest absolute Gasteiger partial charge is 0.296 e. The Morgan fingerprint density at radius 3 is 2.52 bits per heavy atom. The van der Waals surface area contributed by atoms with Crippen LogP contribution in [0, 0.1) is 0 Å². The van der Waals surface area contributed by atoms with Crippen molar-refractivity contribution in [2.75, 3.05) is 10.0 Å². The Morgan fingerprint density at radius 1 is 1.07 bits per heavy atom. The topological polar surface area (TPSA) is 101 Å². The normalized spacial score (nSPS) is 11.2. The van der Waals surface area contributed by atoms with Gasteiger partial charge in [0.1, 0.15) is 0 Å². The number of carbonyl (C=O) groups is 1. The van der Waals surface area contributed by atoms with Crippen LogP contribution in [0.5, 0.6) is 0 Å². The van der Waals surface area contributed by atoms with Crippen molar-refractivity contribution in [3.05, 3.63) is 62.5 Å². The number of halogens is 3. The molecule has 0 saturated heterocycles. The Kier molecular flexibility index (Phi) is 6.02. The van der Waals surface area contributed by atoms with E-state index in [1.54, 1.807) is 24.3 Å². The van der Waals surface area contributed by atoms with E-state index in [4.69, 9.17) is 23.2 Å².